The molecule has 34 heavy (non-hydrogen) atoms. The number of carbonyl (C=O) groups is 1. The van der Waals surface area contributed by atoms with Crippen LogP contribution in [0.5, 0.6) is 5.75 Å². The second-order valence-corrected chi connectivity index (χ2v) is 11.6. The number of hydrogen-bond acceptors (Lipinski definition) is 3. The number of phenolic OH excluding ortho intramolecular Hbond substituents is 1. The number of hydrogen-bond donors (Lipinski definition) is 2. The minimum atomic E-state index is -0.266. The van der Waals surface area contributed by atoms with E-state index in [0.717, 1.165) is 27.8 Å². The van der Waals surface area contributed by atoms with Crippen molar-refractivity contribution in [3.63, 3.8) is 0 Å². The van der Waals surface area contributed by atoms with Gasteiger partial charge in [0.1, 0.15) is 5.75 Å². The number of fused-ring (bicyclic) bond motifs is 1. The number of phenols is 1. The molecule has 0 bridgehead atoms. The molecule has 0 unspecified atom stereocenters. The van der Waals surface area contributed by atoms with Crippen molar-refractivity contribution in [1.29, 1.82) is 0 Å². The smallest absolute Gasteiger partial charge is 0.272 e. The highest BCUT2D eigenvalue weighted by molar-refractivity contribution is 6.03. The first kappa shape index (κ1) is 25.5. The number of carbonyl (C=O) groups excluding carboxylic acids is 1. The largest absolute Gasteiger partial charge is 0.507 e. The third-order valence-electron chi connectivity index (χ3n) is 6.32. The average molecular weight is 459 g/mol. The summed E-state index contributed by atoms with van der Waals surface area (Å²) in [5.41, 5.74) is 9.74. The second-order valence-electron chi connectivity index (χ2n) is 11.6. The fourth-order valence-corrected chi connectivity index (χ4v) is 4.10. The summed E-state index contributed by atoms with van der Waals surface area (Å²) in [5, 5.41) is 15.2. The van der Waals surface area contributed by atoms with Gasteiger partial charge in [0.05, 0.1) is 6.21 Å². The molecule has 0 radical (unpaired) electrons. The summed E-state index contributed by atoms with van der Waals surface area (Å²) in [6.45, 7) is 19.0. The molecule has 2 aliphatic carbocycles. The number of aryl methyl sites for hydroxylation is 1. The van der Waals surface area contributed by atoms with Gasteiger partial charge in [0.15, 0.2) is 0 Å². The number of nitrogens with zero attached hydrogens (tertiary/aromatic N) is 1. The van der Waals surface area contributed by atoms with Gasteiger partial charge in [0.2, 0.25) is 0 Å². The van der Waals surface area contributed by atoms with Gasteiger partial charge >= 0.3 is 0 Å². The summed E-state index contributed by atoms with van der Waals surface area (Å²) in [5.74, 6) is 0.286. The van der Waals surface area contributed by atoms with Crippen molar-refractivity contribution in [2.24, 2.45) is 5.10 Å². The maximum absolute atomic E-state index is 13.1. The van der Waals surface area contributed by atoms with Gasteiger partial charge in [-0.1, -0.05) is 85.7 Å². The van der Waals surface area contributed by atoms with Crippen LogP contribution in [-0.2, 0) is 10.8 Å². The number of rotatable bonds is 4. The van der Waals surface area contributed by atoms with Gasteiger partial charge in [-0.05, 0) is 63.6 Å². The van der Waals surface area contributed by atoms with Crippen LogP contribution >= 0.6 is 0 Å². The van der Waals surface area contributed by atoms with Crippen LogP contribution in [0.4, 0.5) is 0 Å². The van der Waals surface area contributed by atoms with E-state index in [4.69, 9.17) is 0 Å². The van der Waals surface area contributed by atoms with Crippen LogP contribution in [0.2, 0.25) is 0 Å². The minimum Gasteiger partial charge on any atom is -0.507 e. The fourth-order valence-electron chi connectivity index (χ4n) is 4.10. The molecule has 4 heteroatoms. The zero-order valence-corrected chi connectivity index (χ0v) is 22.0. The Hall–Kier alpha value is -3.14. The molecule has 2 N–H and O–H groups in total. The molecule has 0 heterocycles. The van der Waals surface area contributed by atoms with Crippen LogP contribution in [0.25, 0.3) is 11.1 Å². The second kappa shape index (κ2) is 9.25. The van der Waals surface area contributed by atoms with Gasteiger partial charge in [-0.3, -0.25) is 4.79 Å². The summed E-state index contributed by atoms with van der Waals surface area (Å²) in [7, 11) is 0. The molecule has 1 aromatic rings. The van der Waals surface area contributed by atoms with Gasteiger partial charge < -0.3 is 5.11 Å². The molecule has 1 aromatic carbocycles. The first-order valence-corrected chi connectivity index (χ1v) is 11.9. The molecule has 2 aliphatic rings. The van der Waals surface area contributed by atoms with E-state index in [1.807, 2.05) is 25.1 Å². The zero-order valence-electron chi connectivity index (χ0n) is 22.0. The first-order valence-electron chi connectivity index (χ1n) is 11.9. The van der Waals surface area contributed by atoms with E-state index in [-0.39, 0.29) is 22.5 Å². The lowest BCUT2D eigenvalue weighted by atomic mass is 9.79. The van der Waals surface area contributed by atoms with Crippen molar-refractivity contribution in [3.8, 4) is 16.9 Å². The Morgan fingerprint density at radius 1 is 0.971 bits per heavy atom. The molecular formula is C30H38N2O2. The molecule has 0 aromatic heterocycles. The Bertz CT molecular complexity index is 1210. The normalized spacial score (nSPS) is 12.6. The van der Waals surface area contributed by atoms with Gasteiger partial charge in [0.25, 0.3) is 5.91 Å². The SMILES string of the molecule is Cc1cc(C(=O)N/N=C/c2cc(C(C)(C)C)cc(C(C)(C)C)c2O)c2cc(C(C)C)cccc1-2. The molecule has 0 spiro atoms. The topological polar surface area (TPSA) is 61.7 Å². The zero-order chi connectivity index (χ0) is 25.4. The highest BCUT2D eigenvalue weighted by Gasteiger charge is 2.25. The van der Waals surface area contributed by atoms with E-state index in [1.54, 1.807) is 0 Å². The Morgan fingerprint density at radius 2 is 1.65 bits per heavy atom. The molecule has 0 aliphatic heterocycles. The lowest BCUT2D eigenvalue weighted by molar-refractivity contribution is 0.0956. The molecule has 0 fully saturated rings. The Labute approximate surface area is 204 Å². The summed E-state index contributed by atoms with van der Waals surface area (Å²) < 4.78 is 0. The number of aromatic hydroxyl groups is 1. The van der Waals surface area contributed by atoms with Gasteiger partial charge in [-0.25, -0.2) is 5.43 Å². The van der Waals surface area contributed by atoms with Crippen molar-refractivity contribution < 1.29 is 9.90 Å². The van der Waals surface area contributed by atoms with E-state index in [0.29, 0.717) is 17.0 Å². The molecular weight excluding hydrogens is 420 g/mol. The standard InChI is InChI=1S/C30H38N2O2/c1-18(2)20-11-10-12-23-19(3)13-25(24(23)15-20)28(34)32-31-17-21-14-22(29(4,5)6)16-26(27(21)33)30(7,8)9/h10-18,33H,1-9H3,(H,32,34)/b31-17+. The monoisotopic (exact) mass is 458 g/mol. The predicted molar refractivity (Wildman–Crippen MR) is 142 cm³/mol. The molecule has 0 atom stereocenters. The van der Waals surface area contributed by atoms with E-state index < -0.39 is 0 Å². The van der Waals surface area contributed by atoms with Crippen molar-refractivity contribution in [2.45, 2.75) is 79.1 Å². The predicted octanol–water partition coefficient (Wildman–Crippen LogP) is 7.29. The van der Waals surface area contributed by atoms with Gasteiger partial charge in [-0.2, -0.15) is 5.10 Å². The average Bonchev–Trinajstić information content (AvgIpc) is 2.88. The van der Waals surface area contributed by atoms with Crippen molar-refractivity contribution in [2.75, 3.05) is 0 Å². The number of amides is 1. The molecule has 4 nitrogen and oxygen atoms in total. The highest BCUT2D eigenvalue weighted by Crippen LogP contribution is 2.37. The third-order valence-corrected chi connectivity index (χ3v) is 6.32. The number of nitrogens with one attached hydrogen (secondary N) is 1. The summed E-state index contributed by atoms with van der Waals surface area (Å²) in [4.78, 5) is 13.1. The molecule has 1 amide bonds. The summed E-state index contributed by atoms with van der Waals surface area (Å²) >= 11 is 0. The lowest BCUT2D eigenvalue weighted by Gasteiger charge is -2.26. The van der Waals surface area contributed by atoms with Crippen LogP contribution in [0.15, 0.2) is 47.6 Å². The van der Waals surface area contributed by atoms with E-state index in [9.17, 15) is 9.90 Å². The minimum absolute atomic E-state index is 0.0884. The quantitative estimate of drug-likeness (QED) is 0.318. The molecule has 3 rings (SSSR count). The number of benzene rings is 1. The summed E-state index contributed by atoms with van der Waals surface area (Å²) in [6.07, 6.45) is 1.54. The maximum Gasteiger partial charge on any atom is 0.272 e. The van der Waals surface area contributed by atoms with Crippen LogP contribution in [-0.4, -0.2) is 17.2 Å². The summed E-state index contributed by atoms with van der Waals surface area (Å²) in [6, 6.07) is 14.2. The van der Waals surface area contributed by atoms with Crippen molar-refractivity contribution >= 4 is 12.1 Å². The van der Waals surface area contributed by atoms with Gasteiger partial charge in [-0.15, -0.1) is 0 Å². The molecule has 0 saturated carbocycles. The number of hydrazone groups is 1. The highest BCUT2D eigenvalue weighted by atomic mass is 16.3. The van der Waals surface area contributed by atoms with E-state index in [2.05, 4.69) is 90.2 Å². The van der Waals surface area contributed by atoms with Gasteiger partial charge in [0, 0.05) is 16.7 Å². The Kier molecular flexibility index (Phi) is 6.93. The molecule has 180 valence electrons. The van der Waals surface area contributed by atoms with E-state index in [1.165, 1.54) is 11.8 Å². The van der Waals surface area contributed by atoms with Crippen LogP contribution in [0.3, 0.4) is 0 Å². The van der Waals surface area contributed by atoms with Crippen molar-refractivity contribution in [3.05, 3.63) is 75.8 Å². The van der Waals surface area contributed by atoms with Crippen molar-refractivity contribution in [1.82, 2.24) is 5.43 Å². The van der Waals surface area contributed by atoms with Crippen LogP contribution < -0.4 is 5.43 Å². The lowest BCUT2D eigenvalue weighted by Crippen LogP contribution is -2.19. The van der Waals surface area contributed by atoms with Crippen LogP contribution in [0, 0.1) is 6.92 Å². The maximum atomic E-state index is 13.1. The Balaban J connectivity index is 1.96. The molecule has 0 saturated heterocycles. The Morgan fingerprint density at radius 3 is 2.24 bits per heavy atom. The fraction of sp³-hybridized carbons (Fsp3) is 0.400. The first-order chi connectivity index (χ1) is 15.7. The third kappa shape index (κ3) is 5.32. The van der Waals surface area contributed by atoms with Crippen LogP contribution in [0.1, 0.15) is 99.5 Å². The van der Waals surface area contributed by atoms with E-state index >= 15 is 0 Å².